The fraction of sp³-hybridized carbons (Fsp3) is 0.500. The van der Waals surface area contributed by atoms with E-state index in [1.165, 1.54) is 10.5 Å². The number of amides is 1. The zero-order valence-electron chi connectivity index (χ0n) is 13.3. The van der Waals surface area contributed by atoms with Gasteiger partial charge in [-0.2, -0.15) is 0 Å². The smallest absolute Gasteiger partial charge is 0.325 e. The van der Waals surface area contributed by atoms with Gasteiger partial charge >= 0.3 is 5.97 Å². The van der Waals surface area contributed by atoms with Gasteiger partial charge in [0.25, 0.3) is 0 Å². The van der Waals surface area contributed by atoms with Gasteiger partial charge in [0.15, 0.2) is 0 Å². The Morgan fingerprint density at radius 3 is 2.36 bits per heavy atom. The molecular formula is C16H23BrN2O3. The molecule has 0 bridgehead atoms. The highest BCUT2D eigenvalue weighted by atomic mass is 79.9. The van der Waals surface area contributed by atoms with Gasteiger partial charge < -0.3 is 9.64 Å². The summed E-state index contributed by atoms with van der Waals surface area (Å²) in [6, 6.07) is 8.14. The molecule has 1 amide bonds. The summed E-state index contributed by atoms with van der Waals surface area (Å²) in [7, 11) is 3.51. The maximum atomic E-state index is 12.0. The molecule has 0 aliphatic carbocycles. The Morgan fingerprint density at radius 1 is 1.14 bits per heavy atom. The third-order valence-electron chi connectivity index (χ3n) is 3.20. The van der Waals surface area contributed by atoms with Crippen LogP contribution in [0.1, 0.15) is 12.5 Å². The molecule has 0 saturated carbocycles. The molecule has 0 N–H and O–H groups in total. The van der Waals surface area contributed by atoms with Crippen LogP contribution in [0.5, 0.6) is 0 Å². The average molecular weight is 371 g/mol. The third kappa shape index (κ3) is 7.04. The van der Waals surface area contributed by atoms with Gasteiger partial charge in [-0.15, -0.1) is 0 Å². The summed E-state index contributed by atoms with van der Waals surface area (Å²) in [5.74, 6) is -0.470. The van der Waals surface area contributed by atoms with Gasteiger partial charge in [0.1, 0.15) is 6.54 Å². The lowest BCUT2D eigenvalue weighted by molar-refractivity contribution is -0.148. The van der Waals surface area contributed by atoms with Gasteiger partial charge in [0.2, 0.25) is 5.91 Å². The van der Waals surface area contributed by atoms with E-state index in [1.807, 2.05) is 24.1 Å². The number of halogens is 1. The zero-order chi connectivity index (χ0) is 16.5. The Balaban J connectivity index is 2.34. The summed E-state index contributed by atoms with van der Waals surface area (Å²) < 4.78 is 5.89. The summed E-state index contributed by atoms with van der Waals surface area (Å²) in [4.78, 5) is 26.7. The predicted octanol–water partition coefficient (Wildman–Crippen LogP) is 1.94. The van der Waals surface area contributed by atoms with Crippen LogP contribution in [0, 0.1) is 0 Å². The van der Waals surface area contributed by atoms with E-state index in [2.05, 4.69) is 28.1 Å². The van der Waals surface area contributed by atoms with Crippen molar-refractivity contribution in [1.29, 1.82) is 0 Å². The van der Waals surface area contributed by atoms with Crippen LogP contribution >= 0.6 is 15.9 Å². The van der Waals surface area contributed by atoms with Crippen molar-refractivity contribution in [2.45, 2.75) is 13.3 Å². The fourth-order valence-corrected chi connectivity index (χ4v) is 2.15. The van der Waals surface area contributed by atoms with Crippen molar-refractivity contribution in [2.24, 2.45) is 0 Å². The Bertz CT molecular complexity index is 491. The second kappa shape index (κ2) is 9.58. The largest absolute Gasteiger partial charge is 0.465 e. The van der Waals surface area contributed by atoms with Crippen LogP contribution < -0.4 is 0 Å². The summed E-state index contributed by atoms with van der Waals surface area (Å²) in [6.07, 6.45) is 0.874. The topological polar surface area (TPSA) is 49.9 Å². The number of hydrogen-bond donors (Lipinski definition) is 0. The van der Waals surface area contributed by atoms with Crippen molar-refractivity contribution in [3.63, 3.8) is 0 Å². The standard InChI is InChI=1S/C16H23BrN2O3/c1-4-22-16(21)12-19(3)15(20)11-18(2)10-9-13-5-7-14(17)8-6-13/h5-8H,4,9-12H2,1-3H3. The molecule has 0 atom stereocenters. The first-order valence-corrected chi connectivity index (χ1v) is 8.04. The van der Waals surface area contributed by atoms with Crippen molar-refractivity contribution in [2.75, 3.05) is 40.3 Å². The van der Waals surface area contributed by atoms with Gasteiger partial charge in [0.05, 0.1) is 13.2 Å². The highest BCUT2D eigenvalue weighted by Crippen LogP contribution is 2.11. The quantitative estimate of drug-likeness (QED) is 0.656. The number of hydrogen-bond acceptors (Lipinski definition) is 4. The van der Waals surface area contributed by atoms with Gasteiger partial charge in [-0.05, 0) is 38.1 Å². The molecule has 0 aliphatic heterocycles. The maximum Gasteiger partial charge on any atom is 0.325 e. The van der Waals surface area contributed by atoms with E-state index < -0.39 is 0 Å². The van der Waals surface area contributed by atoms with Crippen molar-refractivity contribution < 1.29 is 14.3 Å². The van der Waals surface area contributed by atoms with Crippen LogP contribution in [-0.4, -0.2) is 62.0 Å². The minimum atomic E-state index is -0.379. The van der Waals surface area contributed by atoms with Crippen LogP contribution in [0.15, 0.2) is 28.7 Å². The summed E-state index contributed by atoms with van der Waals surface area (Å²) >= 11 is 3.41. The number of rotatable bonds is 8. The molecular weight excluding hydrogens is 348 g/mol. The first-order chi connectivity index (χ1) is 10.4. The predicted molar refractivity (Wildman–Crippen MR) is 89.6 cm³/mol. The number of carbonyl (C=O) groups excluding carboxylic acids is 2. The summed E-state index contributed by atoms with van der Waals surface area (Å²) in [5.41, 5.74) is 1.22. The van der Waals surface area contributed by atoms with E-state index in [-0.39, 0.29) is 25.0 Å². The molecule has 5 nitrogen and oxygen atoms in total. The Morgan fingerprint density at radius 2 is 1.77 bits per heavy atom. The third-order valence-corrected chi connectivity index (χ3v) is 3.73. The molecule has 0 unspecified atom stereocenters. The molecule has 0 spiro atoms. The normalized spacial score (nSPS) is 10.6. The first kappa shape index (κ1) is 18.6. The Kier molecular flexibility index (Phi) is 8.12. The lowest BCUT2D eigenvalue weighted by Gasteiger charge is -2.21. The van der Waals surface area contributed by atoms with Crippen LogP contribution in [0.4, 0.5) is 0 Å². The van der Waals surface area contributed by atoms with Gasteiger partial charge in [-0.25, -0.2) is 0 Å². The fourth-order valence-electron chi connectivity index (χ4n) is 1.89. The van der Waals surface area contributed by atoms with Gasteiger partial charge in [-0.3, -0.25) is 14.5 Å². The second-order valence-corrected chi connectivity index (χ2v) is 6.08. The lowest BCUT2D eigenvalue weighted by atomic mass is 10.1. The van der Waals surface area contributed by atoms with Crippen LogP contribution in [-0.2, 0) is 20.7 Å². The number of benzene rings is 1. The summed E-state index contributed by atoms with van der Waals surface area (Å²) in [5, 5.41) is 0. The monoisotopic (exact) mass is 370 g/mol. The SMILES string of the molecule is CCOC(=O)CN(C)C(=O)CN(C)CCc1ccc(Br)cc1. The summed E-state index contributed by atoms with van der Waals surface area (Å²) in [6.45, 7) is 3.13. The van der Waals surface area contributed by atoms with E-state index in [0.717, 1.165) is 17.4 Å². The first-order valence-electron chi connectivity index (χ1n) is 7.25. The maximum absolute atomic E-state index is 12.0. The number of nitrogens with zero attached hydrogens (tertiary/aromatic N) is 2. The molecule has 0 fully saturated rings. The zero-order valence-corrected chi connectivity index (χ0v) is 14.9. The van der Waals surface area contributed by atoms with Crippen LogP contribution in [0.2, 0.25) is 0 Å². The Labute approximate surface area is 140 Å². The molecule has 0 saturated heterocycles. The molecule has 1 rings (SSSR count). The second-order valence-electron chi connectivity index (χ2n) is 5.17. The minimum Gasteiger partial charge on any atom is -0.465 e. The molecule has 0 radical (unpaired) electrons. The molecule has 1 aromatic rings. The molecule has 0 aromatic heterocycles. The Hall–Kier alpha value is -1.40. The van der Waals surface area contributed by atoms with E-state index in [9.17, 15) is 9.59 Å². The minimum absolute atomic E-state index is 0.00672. The van der Waals surface area contributed by atoms with Gasteiger partial charge in [-0.1, -0.05) is 28.1 Å². The van der Waals surface area contributed by atoms with E-state index >= 15 is 0 Å². The van der Waals surface area contributed by atoms with Crippen molar-refractivity contribution in [3.05, 3.63) is 34.3 Å². The molecule has 0 heterocycles. The highest BCUT2D eigenvalue weighted by Gasteiger charge is 2.15. The van der Waals surface area contributed by atoms with Crippen molar-refractivity contribution in [1.82, 2.24) is 9.80 Å². The lowest BCUT2D eigenvalue weighted by Crippen LogP contribution is -2.40. The molecule has 1 aromatic carbocycles. The molecule has 22 heavy (non-hydrogen) atoms. The van der Waals surface area contributed by atoms with E-state index in [0.29, 0.717) is 6.61 Å². The number of esters is 1. The molecule has 0 aliphatic rings. The average Bonchev–Trinajstić information content (AvgIpc) is 2.46. The molecule has 6 heteroatoms. The number of likely N-dealkylation sites (N-methyl/N-ethyl adjacent to an activating group) is 2. The van der Waals surface area contributed by atoms with Crippen LogP contribution in [0.25, 0.3) is 0 Å². The van der Waals surface area contributed by atoms with E-state index in [4.69, 9.17) is 4.74 Å². The highest BCUT2D eigenvalue weighted by molar-refractivity contribution is 9.10. The number of carbonyl (C=O) groups is 2. The van der Waals surface area contributed by atoms with E-state index in [1.54, 1.807) is 14.0 Å². The van der Waals surface area contributed by atoms with Gasteiger partial charge in [0, 0.05) is 18.1 Å². The van der Waals surface area contributed by atoms with Crippen molar-refractivity contribution in [3.8, 4) is 0 Å². The molecule has 122 valence electrons. The van der Waals surface area contributed by atoms with Crippen LogP contribution in [0.3, 0.4) is 0 Å². The number of ether oxygens (including phenoxy) is 1. The van der Waals surface area contributed by atoms with Crippen molar-refractivity contribution >= 4 is 27.8 Å².